The minimum atomic E-state index is 0.224. The Balaban J connectivity index is 2.20. The lowest BCUT2D eigenvalue weighted by Crippen LogP contribution is -2.37. The minimum Gasteiger partial charge on any atom is -0.377 e. The summed E-state index contributed by atoms with van der Waals surface area (Å²) in [6.45, 7) is 7.53. The van der Waals surface area contributed by atoms with Crippen LogP contribution in [0.4, 0.5) is 0 Å². The molecule has 0 radical (unpaired) electrons. The normalized spacial score (nSPS) is 23.1. The Morgan fingerprint density at radius 3 is 3.00 bits per heavy atom. The van der Waals surface area contributed by atoms with Gasteiger partial charge in [-0.25, -0.2) is 0 Å². The number of ether oxygens (including phenoxy) is 1. The second-order valence-corrected chi connectivity index (χ2v) is 5.70. The van der Waals surface area contributed by atoms with Crippen molar-refractivity contribution in [3.05, 3.63) is 34.3 Å². The van der Waals surface area contributed by atoms with Crippen molar-refractivity contribution in [1.82, 2.24) is 4.90 Å². The summed E-state index contributed by atoms with van der Waals surface area (Å²) in [6.07, 6.45) is 1.32. The highest BCUT2D eigenvalue weighted by Crippen LogP contribution is 2.26. The molecule has 1 heterocycles. The van der Waals surface area contributed by atoms with Gasteiger partial charge >= 0.3 is 0 Å². The molecule has 2 unspecified atom stereocenters. The highest BCUT2D eigenvalue weighted by atomic mass is 35.5. The second-order valence-electron chi connectivity index (χ2n) is 5.29. The fourth-order valence-corrected chi connectivity index (χ4v) is 2.81. The number of benzene rings is 1. The van der Waals surface area contributed by atoms with Crippen LogP contribution in [-0.4, -0.2) is 37.2 Å². The van der Waals surface area contributed by atoms with Crippen LogP contribution in [0.1, 0.15) is 30.5 Å². The van der Waals surface area contributed by atoms with E-state index in [0.717, 1.165) is 36.7 Å². The van der Waals surface area contributed by atoms with Gasteiger partial charge in [0, 0.05) is 37.3 Å². The Morgan fingerprint density at radius 2 is 2.32 bits per heavy atom. The molecule has 0 spiro atoms. The van der Waals surface area contributed by atoms with Crippen LogP contribution in [0.25, 0.3) is 0 Å². The Labute approximate surface area is 120 Å². The van der Waals surface area contributed by atoms with E-state index in [0.29, 0.717) is 6.54 Å². The third kappa shape index (κ3) is 3.69. The number of nitrogens with zero attached hydrogens (tertiary/aromatic N) is 1. The Morgan fingerprint density at radius 1 is 1.53 bits per heavy atom. The van der Waals surface area contributed by atoms with Crippen LogP contribution in [0.5, 0.6) is 0 Å². The van der Waals surface area contributed by atoms with Crippen LogP contribution in [0, 0.1) is 6.92 Å². The molecule has 1 aliphatic rings. The van der Waals surface area contributed by atoms with Crippen LogP contribution < -0.4 is 5.73 Å². The summed E-state index contributed by atoms with van der Waals surface area (Å²) in [6, 6.07) is 6.47. The first kappa shape index (κ1) is 14.8. The smallest absolute Gasteiger partial charge is 0.0674 e. The molecular weight excluding hydrogens is 260 g/mol. The molecule has 3 nitrogen and oxygen atoms in total. The molecule has 1 aromatic rings. The van der Waals surface area contributed by atoms with Gasteiger partial charge in [0.2, 0.25) is 0 Å². The molecule has 0 aliphatic carbocycles. The first-order chi connectivity index (χ1) is 9.11. The molecule has 1 fully saturated rings. The lowest BCUT2D eigenvalue weighted by atomic mass is 10.0. The molecule has 4 heteroatoms. The predicted octanol–water partition coefficient (Wildman–Crippen LogP) is 2.76. The van der Waals surface area contributed by atoms with Crippen LogP contribution in [0.3, 0.4) is 0 Å². The number of nitrogens with two attached hydrogens (primary N) is 1. The van der Waals surface area contributed by atoms with E-state index in [1.165, 1.54) is 5.56 Å². The van der Waals surface area contributed by atoms with Gasteiger partial charge in [-0.1, -0.05) is 23.7 Å². The molecule has 0 aromatic heterocycles. The molecule has 2 atom stereocenters. The van der Waals surface area contributed by atoms with Gasteiger partial charge in [0.15, 0.2) is 0 Å². The SMILES string of the molecule is Cc1ccc(C(CN)N2CCCOC(C)C2)cc1Cl. The zero-order chi connectivity index (χ0) is 13.8. The third-order valence-corrected chi connectivity index (χ3v) is 4.14. The molecule has 106 valence electrons. The van der Waals surface area contributed by atoms with Gasteiger partial charge in [-0.05, 0) is 37.5 Å². The van der Waals surface area contributed by atoms with Crippen molar-refractivity contribution >= 4 is 11.6 Å². The van der Waals surface area contributed by atoms with Crippen molar-refractivity contribution in [1.29, 1.82) is 0 Å². The average Bonchev–Trinajstić information content (AvgIpc) is 2.59. The summed E-state index contributed by atoms with van der Waals surface area (Å²) in [4.78, 5) is 2.42. The predicted molar refractivity (Wildman–Crippen MR) is 79.6 cm³/mol. The molecule has 19 heavy (non-hydrogen) atoms. The molecule has 0 bridgehead atoms. The summed E-state index contributed by atoms with van der Waals surface area (Å²) >= 11 is 6.23. The molecular formula is C15H23ClN2O. The van der Waals surface area contributed by atoms with Crippen molar-refractivity contribution in [2.24, 2.45) is 5.73 Å². The van der Waals surface area contributed by atoms with Gasteiger partial charge < -0.3 is 10.5 Å². The number of rotatable bonds is 3. The topological polar surface area (TPSA) is 38.5 Å². The standard InChI is InChI=1S/C15H23ClN2O/c1-11-4-5-13(8-14(11)16)15(9-17)18-6-3-7-19-12(2)10-18/h4-5,8,12,15H,3,6-7,9-10,17H2,1-2H3. The first-order valence-corrected chi connectivity index (χ1v) is 7.31. The van der Waals surface area contributed by atoms with Crippen molar-refractivity contribution in [2.45, 2.75) is 32.4 Å². The molecule has 0 amide bonds. The van der Waals surface area contributed by atoms with Crippen LogP contribution in [0.2, 0.25) is 5.02 Å². The zero-order valence-corrected chi connectivity index (χ0v) is 12.5. The van der Waals surface area contributed by atoms with E-state index in [1.807, 2.05) is 13.0 Å². The maximum atomic E-state index is 6.23. The number of aryl methyl sites for hydroxylation is 1. The van der Waals surface area contributed by atoms with Crippen molar-refractivity contribution in [3.8, 4) is 0 Å². The monoisotopic (exact) mass is 282 g/mol. The second kappa shape index (κ2) is 6.71. The van der Waals surface area contributed by atoms with Gasteiger partial charge in [-0.15, -0.1) is 0 Å². The van der Waals surface area contributed by atoms with Crippen molar-refractivity contribution < 1.29 is 4.74 Å². The van der Waals surface area contributed by atoms with Crippen molar-refractivity contribution in [2.75, 3.05) is 26.2 Å². The Hall–Kier alpha value is -0.610. The maximum absolute atomic E-state index is 6.23. The van der Waals surface area contributed by atoms with Crippen LogP contribution in [-0.2, 0) is 4.74 Å². The number of hydrogen-bond donors (Lipinski definition) is 1. The van der Waals surface area contributed by atoms with Gasteiger partial charge in [0.1, 0.15) is 0 Å². The number of hydrogen-bond acceptors (Lipinski definition) is 3. The van der Waals surface area contributed by atoms with E-state index in [-0.39, 0.29) is 12.1 Å². The maximum Gasteiger partial charge on any atom is 0.0674 e. The summed E-state index contributed by atoms with van der Waals surface area (Å²) in [5, 5.41) is 0.815. The van der Waals surface area contributed by atoms with Gasteiger partial charge in [0.25, 0.3) is 0 Å². The zero-order valence-electron chi connectivity index (χ0n) is 11.7. The van der Waals surface area contributed by atoms with Crippen molar-refractivity contribution in [3.63, 3.8) is 0 Å². The molecule has 0 saturated carbocycles. The van der Waals surface area contributed by atoms with E-state index in [4.69, 9.17) is 22.1 Å². The van der Waals surface area contributed by atoms with Gasteiger partial charge in [-0.2, -0.15) is 0 Å². The summed E-state index contributed by atoms with van der Waals surface area (Å²) < 4.78 is 5.70. The highest BCUT2D eigenvalue weighted by molar-refractivity contribution is 6.31. The molecule has 1 saturated heterocycles. The Kier molecular flexibility index (Phi) is 5.22. The van der Waals surface area contributed by atoms with E-state index in [9.17, 15) is 0 Å². The first-order valence-electron chi connectivity index (χ1n) is 6.93. The molecule has 1 aromatic carbocycles. The fraction of sp³-hybridized carbons (Fsp3) is 0.600. The summed E-state index contributed by atoms with van der Waals surface area (Å²) in [5.74, 6) is 0. The third-order valence-electron chi connectivity index (χ3n) is 3.73. The minimum absolute atomic E-state index is 0.224. The summed E-state index contributed by atoms with van der Waals surface area (Å²) in [5.41, 5.74) is 8.30. The summed E-state index contributed by atoms with van der Waals surface area (Å²) in [7, 11) is 0. The molecule has 2 N–H and O–H groups in total. The van der Waals surface area contributed by atoms with Gasteiger partial charge in [-0.3, -0.25) is 4.90 Å². The fourth-order valence-electron chi connectivity index (χ4n) is 2.62. The van der Waals surface area contributed by atoms with E-state index < -0.39 is 0 Å². The van der Waals surface area contributed by atoms with E-state index in [2.05, 4.69) is 24.0 Å². The van der Waals surface area contributed by atoms with Crippen LogP contribution in [0.15, 0.2) is 18.2 Å². The highest BCUT2D eigenvalue weighted by Gasteiger charge is 2.23. The average molecular weight is 283 g/mol. The van der Waals surface area contributed by atoms with Crippen LogP contribution >= 0.6 is 11.6 Å². The molecule has 2 rings (SSSR count). The lowest BCUT2D eigenvalue weighted by Gasteiger charge is -2.31. The van der Waals surface area contributed by atoms with E-state index in [1.54, 1.807) is 0 Å². The Bertz CT molecular complexity index is 425. The van der Waals surface area contributed by atoms with Gasteiger partial charge in [0.05, 0.1) is 6.10 Å². The quantitative estimate of drug-likeness (QED) is 0.926. The molecule has 1 aliphatic heterocycles. The largest absolute Gasteiger partial charge is 0.377 e. The van der Waals surface area contributed by atoms with E-state index >= 15 is 0 Å². The lowest BCUT2D eigenvalue weighted by molar-refractivity contribution is 0.0612. The number of halogens is 1.